The van der Waals surface area contributed by atoms with Crippen LogP contribution < -0.4 is 5.73 Å². The smallest absolute Gasteiger partial charge is 0.356 e. The fourth-order valence-electron chi connectivity index (χ4n) is 1.52. The molecule has 2 aromatic rings. The maximum absolute atomic E-state index is 11.4. The van der Waals surface area contributed by atoms with Crippen LogP contribution in [-0.4, -0.2) is 18.1 Å². The van der Waals surface area contributed by atoms with Gasteiger partial charge >= 0.3 is 5.97 Å². The first-order valence-corrected chi connectivity index (χ1v) is 5.42. The summed E-state index contributed by atoms with van der Waals surface area (Å²) in [6.07, 6.45) is 0. The van der Waals surface area contributed by atoms with E-state index in [4.69, 9.17) is 28.9 Å². The van der Waals surface area contributed by atoms with Gasteiger partial charge in [-0.3, -0.25) is 0 Å². The van der Waals surface area contributed by atoms with E-state index in [9.17, 15) is 4.79 Å². The quantitative estimate of drug-likeness (QED) is 0.810. The van der Waals surface area contributed by atoms with E-state index >= 15 is 0 Å². The van der Waals surface area contributed by atoms with Gasteiger partial charge in [-0.1, -0.05) is 23.2 Å². The lowest BCUT2D eigenvalue weighted by Crippen LogP contribution is -2.05. The van der Waals surface area contributed by atoms with Gasteiger partial charge in [0.2, 0.25) is 0 Å². The zero-order valence-electron chi connectivity index (χ0n) is 8.83. The minimum absolute atomic E-state index is 0.121. The number of pyridine rings is 1. The largest absolute Gasteiger partial charge is 0.464 e. The summed E-state index contributed by atoms with van der Waals surface area (Å²) in [7, 11) is 1.27. The summed E-state index contributed by atoms with van der Waals surface area (Å²) in [5.41, 5.74) is 6.77. The number of nitrogens with two attached hydrogens (primary N) is 1. The molecule has 2 rings (SSSR count). The maximum Gasteiger partial charge on any atom is 0.356 e. The standard InChI is InChI=1S/C11H8Cl2N2O2/c1-17-11(16)9-4-7(14)10-6(13)2-5(12)3-8(10)15-9/h2-4H,1H3,(H2,14,15). The van der Waals surface area contributed by atoms with Gasteiger partial charge in [0.1, 0.15) is 0 Å². The highest BCUT2D eigenvalue weighted by Gasteiger charge is 2.13. The maximum atomic E-state index is 11.4. The van der Waals surface area contributed by atoms with Crippen LogP contribution in [0.1, 0.15) is 10.5 Å². The number of hydrogen-bond acceptors (Lipinski definition) is 4. The third-order valence-electron chi connectivity index (χ3n) is 2.25. The van der Waals surface area contributed by atoms with Gasteiger partial charge in [-0.2, -0.15) is 0 Å². The number of halogens is 2. The van der Waals surface area contributed by atoms with Crippen LogP contribution in [0, 0.1) is 0 Å². The van der Waals surface area contributed by atoms with Crippen LogP contribution in [0.5, 0.6) is 0 Å². The molecule has 4 nitrogen and oxygen atoms in total. The van der Waals surface area contributed by atoms with Crippen molar-refractivity contribution in [1.29, 1.82) is 0 Å². The molecule has 0 saturated heterocycles. The fraction of sp³-hybridized carbons (Fsp3) is 0.0909. The SMILES string of the molecule is COC(=O)c1cc(N)c2c(Cl)cc(Cl)cc2n1. The molecule has 0 spiro atoms. The summed E-state index contributed by atoms with van der Waals surface area (Å²) >= 11 is 11.9. The Morgan fingerprint density at radius 1 is 1.35 bits per heavy atom. The number of rotatable bonds is 1. The summed E-state index contributed by atoms with van der Waals surface area (Å²) in [6.45, 7) is 0. The number of benzene rings is 1. The van der Waals surface area contributed by atoms with Gasteiger partial charge in [0.25, 0.3) is 0 Å². The Morgan fingerprint density at radius 2 is 2.06 bits per heavy atom. The molecule has 0 aliphatic carbocycles. The van der Waals surface area contributed by atoms with Crippen molar-refractivity contribution < 1.29 is 9.53 Å². The first-order chi connectivity index (χ1) is 8.02. The molecule has 6 heteroatoms. The van der Waals surface area contributed by atoms with Crippen molar-refractivity contribution in [2.45, 2.75) is 0 Å². The predicted octanol–water partition coefficient (Wildman–Crippen LogP) is 2.91. The van der Waals surface area contributed by atoms with Crippen LogP contribution in [0.2, 0.25) is 10.0 Å². The van der Waals surface area contributed by atoms with Crippen LogP contribution in [0.15, 0.2) is 18.2 Å². The number of fused-ring (bicyclic) bond motifs is 1. The number of ether oxygens (including phenoxy) is 1. The van der Waals surface area contributed by atoms with Crippen molar-refractivity contribution in [2.75, 3.05) is 12.8 Å². The molecule has 0 amide bonds. The van der Waals surface area contributed by atoms with Gasteiger partial charge in [-0.05, 0) is 18.2 Å². The van der Waals surface area contributed by atoms with E-state index in [1.54, 1.807) is 12.1 Å². The van der Waals surface area contributed by atoms with E-state index in [1.165, 1.54) is 13.2 Å². The molecule has 1 aromatic heterocycles. The zero-order chi connectivity index (χ0) is 12.6. The molecule has 0 aliphatic rings. The molecule has 0 unspecified atom stereocenters. The van der Waals surface area contributed by atoms with Gasteiger partial charge in [-0.25, -0.2) is 9.78 Å². The molecular weight excluding hydrogens is 263 g/mol. The molecule has 0 bridgehead atoms. The normalized spacial score (nSPS) is 10.5. The van der Waals surface area contributed by atoms with E-state index < -0.39 is 5.97 Å². The predicted molar refractivity (Wildman–Crippen MR) is 67.5 cm³/mol. The van der Waals surface area contributed by atoms with Crippen LogP contribution in [-0.2, 0) is 4.74 Å². The Hall–Kier alpha value is -1.52. The number of methoxy groups -OCH3 is 1. The molecule has 2 N–H and O–H groups in total. The summed E-state index contributed by atoms with van der Waals surface area (Å²) in [4.78, 5) is 15.5. The first kappa shape index (κ1) is 12.0. The van der Waals surface area contributed by atoms with Crippen molar-refractivity contribution >= 4 is 45.8 Å². The van der Waals surface area contributed by atoms with Crippen molar-refractivity contribution in [1.82, 2.24) is 4.98 Å². The average Bonchev–Trinajstić information content (AvgIpc) is 2.26. The number of esters is 1. The Labute approximate surface area is 107 Å². The summed E-state index contributed by atoms with van der Waals surface area (Å²) in [6, 6.07) is 4.58. The number of anilines is 1. The van der Waals surface area contributed by atoms with E-state index in [-0.39, 0.29) is 5.69 Å². The molecule has 1 heterocycles. The fourth-order valence-corrected chi connectivity index (χ4v) is 2.12. The molecule has 1 aromatic carbocycles. The molecule has 0 atom stereocenters. The highest BCUT2D eigenvalue weighted by molar-refractivity contribution is 6.39. The van der Waals surface area contributed by atoms with Crippen molar-refractivity contribution in [3.63, 3.8) is 0 Å². The second-order valence-electron chi connectivity index (χ2n) is 3.37. The second-order valence-corrected chi connectivity index (χ2v) is 4.21. The Balaban J connectivity index is 2.77. The van der Waals surface area contributed by atoms with Crippen molar-refractivity contribution in [2.24, 2.45) is 0 Å². The summed E-state index contributed by atoms with van der Waals surface area (Å²) < 4.78 is 4.58. The molecule has 0 fully saturated rings. The number of nitrogens with zero attached hydrogens (tertiary/aromatic N) is 1. The van der Waals surface area contributed by atoms with E-state index in [1.807, 2.05) is 0 Å². The molecule has 0 saturated carbocycles. The van der Waals surface area contributed by atoms with Gasteiger partial charge in [0, 0.05) is 16.1 Å². The topological polar surface area (TPSA) is 65.2 Å². The molecule has 88 valence electrons. The van der Waals surface area contributed by atoms with E-state index in [2.05, 4.69) is 9.72 Å². The minimum Gasteiger partial charge on any atom is -0.464 e. The molecular formula is C11H8Cl2N2O2. The Morgan fingerprint density at radius 3 is 2.71 bits per heavy atom. The lowest BCUT2D eigenvalue weighted by Gasteiger charge is -2.07. The van der Waals surface area contributed by atoms with Gasteiger partial charge in [0.05, 0.1) is 17.6 Å². The summed E-state index contributed by atoms with van der Waals surface area (Å²) in [5.74, 6) is -0.560. The molecule has 0 aliphatic heterocycles. The monoisotopic (exact) mass is 270 g/mol. The van der Waals surface area contributed by atoms with Crippen molar-refractivity contribution in [3.05, 3.63) is 33.9 Å². The second kappa shape index (κ2) is 4.39. The van der Waals surface area contributed by atoms with Gasteiger partial charge in [0.15, 0.2) is 5.69 Å². The number of nitrogen functional groups attached to an aromatic ring is 1. The number of carbonyl (C=O) groups excluding carboxylic acids is 1. The number of carbonyl (C=O) groups is 1. The van der Waals surface area contributed by atoms with Crippen LogP contribution in [0.3, 0.4) is 0 Å². The first-order valence-electron chi connectivity index (χ1n) is 4.66. The molecule has 17 heavy (non-hydrogen) atoms. The average molecular weight is 271 g/mol. The lowest BCUT2D eigenvalue weighted by atomic mass is 10.1. The number of hydrogen-bond donors (Lipinski definition) is 1. The van der Waals surface area contributed by atoms with Crippen LogP contribution in [0.4, 0.5) is 5.69 Å². The van der Waals surface area contributed by atoms with Gasteiger partial charge < -0.3 is 10.5 Å². The van der Waals surface area contributed by atoms with Crippen LogP contribution in [0.25, 0.3) is 10.9 Å². The van der Waals surface area contributed by atoms with Gasteiger partial charge in [-0.15, -0.1) is 0 Å². The highest BCUT2D eigenvalue weighted by atomic mass is 35.5. The van der Waals surface area contributed by atoms with E-state index in [0.29, 0.717) is 26.6 Å². The minimum atomic E-state index is -0.560. The Bertz CT molecular complexity index is 614. The lowest BCUT2D eigenvalue weighted by molar-refractivity contribution is 0.0594. The highest BCUT2D eigenvalue weighted by Crippen LogP contribution is 2.31. The third kappa shape index (κ3) is 2.14. The third-order valence-corrected chi connectivity index (χ3v) is 2.77. The van der Waals surface area contributed by atoms with E-state index in [0.717, 1.165) is 0 Å². The summed E-state index contributed by atoms with van der Waals surface area (Å²) in [5, 5.41) is 1.40. The Kier molecular flexibility index (Phi) is 3.09. The molecule has 0 radical (unpaired) electrons. The van der Waals surface area contributed by atoms with Crippen molar-refractivity contribution in [3.8, 4) is 0 Å². The number of aromatic nitrogens is 1. The zero-order valence-corrected chi connectivity index (χ0v) is 10.3. The van der Waals surface area contributed by atoms with Crippen LogP contribution >= 0.6 is 23.2 Å².